The number of methoxy groups -OCH3 is 4. The van der Waals surface area contributed by atoms with Crippen molar-refractivity contribution in [3.63, 3.8) is 0 Å². The SMILES string of the molecule is CCOC(=O)c1[nH]cc(-c2ccc(OC)cc2)c1-c1cc(OC)c(OC)c(OC)c1. The van der Waals surface area contributed by atoms with Gasteiger partial charge in [0.25, 0.3) is 0 Å². The first-order valence-corrected chi connectivity index (χ1v) is 9.41. The van der Waals surface area contributed by atoms with Crippen LogP contribution in [0, 0.1) is 0 Å². The molecule has 2 aromatic carbocycles. The van der Waals surface area contributed by atoms with Gasteiger partial charge in [0, 0.05) is 17.3 Å². The zero-order valence-corrected chi connectivity index (χ0v) is 17.7. The Morgan fingerprint density at radius 3 is 2.00 bits per heavy atom. The lowest BCUT2D eigenvalue weighted by Gasteiger charge is -2.15. The summed E-state index contributed by atoms with van der Waals surface area (Å²) in [7, 11) is 6.26. The number of hydrogen-bond donors (Lipinski definition) is 1. The second-order valence-corrected chi connectivity index (χ2v) is 6.32. The van der Waals surface area contributed by atoms with Gasteiger partial charge in [-0.15, -0.1) is 0 Å². The standard InChI is InChI=1S/C23H25NO6/c1-6-30-23(25)21-20(15-11-18(27-3)22(29-5)19(12-15)28-4)17(13-24-21)14-7-9-16(26-2)10-8-14/h7-13,24H,6H2,1-5H3. The van der Waals surface area contributed by atoms with Crippen molar-refractivity contribution in [1.82, 2.24) is 4.98 Å². The van der Waals surface area contributed by atoms with Crippen molar-refractivity contribution >= 4 is 5.97 Å². The fourth-order valence-electron chi connectivity index (χ4n) is 3.31. The number of esters is 1. The number of ether oxygens (including phenoxy) is 5. The molecule has 0 atom stereocenters. The van der Waals surface area contributed by atoms with E-state index < -0.39 is 5.97 Å². The lowest BCUT2D eigenvalue weighted by molar-refractivity contribution is 0.0521. The number of nitrogens with one attached hydrogen (secondary N) is 1. The Labute approximate surface area is 175 Å². The number of hydrogen-bond acceptors (Lipinski definition) is 6. The molecule has 1 aromatic heterocycles. The van der Waals surface area contributed by atoms with Gasteiger partial charge in [0.05, 0.1) is 35.0 Å². The zero-order chi connectivity index (χ0) is 21.7. The van der Waals surface area contributed by atoms with E-state index in [0.717, 1.165) is 22.4 Å². The predicted molar refractivity (Wildman–Crippen MR) is 114 cm³/mol. The molecule has 0 saturated carbocycles. The second kappa shape index (κ2) is 9.26. The normalized spacial score (nSPS) is 10.4. The van der Waals surface area contributed by atoms with Crippen LogP contribution < -0.4 is 18.9 Å². The van der Waals surface area contributed by atoms with Crippen LogP contribution in [0.25, 0.3) is 22.3 Å². The Bertz CT molecular complexity index is 998. The highest BCUT2D eigenvalue weighted by atomic mass is 16.5. The predicted octanol–water partition coefficient (Wildman–Crippen LogP) is 4.56. The topological polar surface area (TPSA) is 79.0 Å². The largest absolute Gasteiger partial charge is 0.497 e. The summed E-state index contributed by atoms with van der Waals surface area (Å²) in [6.45, 7) is 2.04. The molecule has 0 aliphatic rings. The van der Waals surface area contributed by atoms with E-state index in [1.54, 1.807) is 53.7 Å². The molecule has 0 aliphatic heterocycles. The van der Waals surface area contributed by atoms with Gasteiger partial charge in [-0.1, -0.05) is 12.1 Å². The van der Waals surface area contributed by atoms with Gasteiger partial charge in [0.15, 0.2) is 11.5 Å². The van der Waals surface area contributed by atoms with Crippen molar-refractivity contribution in [1.29, 1.82) is 0 Å². The van der Waals surface area contributed by atoms with Crippen LogP contribution in [0.4, 0.5) is 0 Å². The highest BCUT2D eigenvalue weighted by Gasteiger charge is 2.24. The molecule has 0 aliphatic carbocycles. The van der Waals surface area contributed by atoms with Gasteiger partial charge >= 0.3 is 5.97 Å². The molecule has 0 unspecified atom stereocenters. The quantitative estimate of drug-likeness (QED) is 0.548. The molecular formula is C23H25NO6. The third-order valence-electron chi connectivity index (χ3n) is 4.71. The van der Waals surface area contributed by atoms with Gasteiger partial charge in [-0.2, -0.15) is 0 Å². The summed E-state index contributed by atoms with van der Waals surface area (Å²) in [5.74, 6) is 1.75. The van der Waals surface area contributed by atoms with E-state index in [4.69, 9.17) is 23.7 Å². The monoisotopic (exact) mass is 411 g/mol. The Balaban J connectivity index is 2.25. The maximum atomic E-state index is 12.7. The molecule has 3 aromatic rings. The number of rotatable bonds is 8. The minimum Gasteiger partial charge on any atom is -0.497 e. The molecule has 0 saturated heterocycles. The van der Waals surface area contributed by atoms with Gasteiger partial charge in [-0.05, 0) is 42.3 Å². The summed E-state index contributed by atoms with van der Waals surface area (Å²) in [5, 5.41) is 0. The molecule has 30 heavy (non-hydrogen) atoms. The number of benzene rings is 2. The Morgan fingerprint density at radius 2 is 1.50 bits per heavy atom. The first kappa shape index (κ1) is 21.1. The van der Waals surface area contributed by atoms with Crippen LogP contribution in [0.15, 0.2) is 42.6 Å². The van der Waals surface area contributed by atoms with Crippen LogP contribution in [0.2, 0.25) is 0 Å². The van der Waals surface area contributed by atoms with Gasteiger partial charge < -0.3 is 28.7 Å². The van der Waals surface area contributed by atoms with Crippen molar-refractivity contribution in [3.05, 3.63) is 48.3 Å². The number of H-pyrrole nitrogens is 1. The van der Waals surface area contributed by atoms with E-state index in [0.29, 0.717) is 28.5 Å². The minimum absolute atomic E-state index is 0.268. The lowest BCUT2D eigenvalue weighted by Crippen LogP contribution is -2.07. The third-order valence-corrected chi connectivity index (χ3v) is 4.71. The Kier molecular flexibility index (Phi) is 6.51. The van der Waals surface area contributed by atoms with Crippen LogP contribution in [0.5, 0.6) is 23.0 Å². The smallest absolute Gasteiger partial charge is 0.355 e. The molecule has 0 fully saturated rings. The minimum atomic E-state index is -0.444. The summed E-state index contributed by atoms with van der Waals surface area (Å²) < 4.78 is 26.9. The van der Waals surface area contributed by atoms with Crippen molar-refractivity contribution in [3.8, 4) is 45.3 Å². The van der Waals surface area contributed by atoms with E-state index in [1.165, 1.54) is 0 Å². The lowest BCUT2D eigenvalue weighted by atomic mass is 9.96. The van der Waals surface area contributed by atoms with E-state index >= 15 is 0 Å². The van der Waals surface area contributed by atoms with Crippen molar-refractivity contribution in [2.24, 2.45) is 0 Å². The summed E-state index contributed by atoms with van der Waals surface area (Å²) in [6.07, 6.45) is 1.78. The van der Waals surface area contributed by atoms with Crippen LogP contribution in [-0.4, -0.2) is 46.0 Å². The summed E-state index contributed by atoms with van der Waals surface area (Å²) in [4.78, 5) is 15.7. The maximum absolute atomic E-state index is 12.7. The Hall–Kier alpha value is -3.61. The molecule has 7 heteroatoms. The maximum Gasteiger partial charge on any atom is 0.355 e. The Morgan fingerprint density at radius 1 is 0.867 bits per heavy atom. The zero-order valence-electron chi connectivity index (χ0n) is 17.7. The fraction of sp³-hybridized carbons (Fsp3) is 0.261. The summed E-state index contributed by atoms with van der Waals surface area (Å²) in [5.41, 5.74) is 3.48. The molecule has 0 radical (unpaired) electrons. The van der Waals surface area contributed by atoms with Crippen molar-refractivity contribution < 1.29 is 28.5 Å². The molecular weight excluding hydrogens is 386 g/mol. The average Bonchev–Trinajstić information content (AvgIpc) is 3.23. The van der Waals surface area contributed by atoms with Gasteiger partial charge in [0.1, 0.15) is 11.4 Å². The van der Waals surface area contributed by atoms with Crippen molar-refractivity contribution in [2.75, 3.05) is 35.0 Å². The molecule has 1 heterocycles. The molecule has 0 spiro atoms. The summed E-state index contributed by atoms with van der Waals surface area (Å²) >= 11 is 0. The molecule has 3 rings (SSSR count). The number of carbonyl (C=O) groups excluding carboxylic acids is 1. The van der Waals surface area contributed by atoms with Crippen LogP contribution >= 0.6 is 0 Å². The number of carbonyl (C=O) groups is 1. The first-order chi connectivity index (χ1) is 14.6. The van der Waals surface area contributed by atoms with Gasteiger partial charge in [0.2, 0.25) is 5.75 Å². The van der Waals surface area contributed by atoms with Crippen molar-refractivity contribution in [2.45, 2.75) is 6.92 Å². The molecule has 1 N–H and O–H groups in total. The van der Waals surface area contributed by atoms with Crippen LogP contribution in [0.3, 0.4) is 0 Å². The van der Waals surface area contributed by atoms with Gasteiger partial charge in [-0.25, -0.2) is 4.79 Å². The van der Waals surface area contributed by atoms with E-state index in [2.05, 4.69) is 4.98 Å². The summed E-state index contributed by atoms with van der Waals surface area (Å²) in [6, 6.07) is 11.2. The number of aromatic nitrogens is 1. The fourth-order valence-corrected chi connectivity index (χ4v) is 3.31. The average molecular weight is 411 g/mol. The number of aromatic amines is 1. The first-order valence-electron chi connectivity index (χ1n) is 9.41. The molecule has 0 amide bonds. The van der Waals surface area contributed by atoms with E-state index in [9.17, 15) is 4.79 Å². The molecule has 158 valence electrons. The van der Waals surface area contributed by atoms with E-state index in [1.807, 2.05) is 24.3 Å². The van der Waals surface area contributed by atoms with Crippen LogP contribution in [-0.2, 0) is 4.74 Å². The second-order valence-electron chi connectivity index (χ2n) is 6.32. The third kappa shape index (κ3) is 3.91. The highest BCUT2D eigenvalue weighted by Crippen LogP contribution is 2.44. The highest BCUT2D eigenvalue weighted by molar-refractivity contribution is 6.01. The van der Waals surface area contributed by atoms with E-state index in [-0.39, 0.29) is 6.61 Å². The van der Waals surface area contributed by atoms with Crippen LogP contribution in [0.1, 0.15) is 17.4 Å². The molecule has 0 bridgehead atoms. The van der Waals surface area contributed by atoms with Gasteiger partial charge in [-0.3, -0.25) is 0 Å². The molecule has 7 nitrogen and oxygen atoms in total.